The molecule has 1 saturated heterocycles. The lowest BCUT2D eigenvalue weighted by Crippen LogP contribution is -2.23. The van der Waals surface area contributed by atoms with Crippen molar-refractivity contribution in [2.45, 2.75) is 43.3 Å². The summed E-state index contributed by atoms with van der Waals surface area (Å²) in [6, 6.07) is 6.56. The lowest BCUT2D eigenvalue weighted by atomic mass is 10.0. The number of benzene rings is 2. The Morgan fingerprint density at radius 3 is 2.88 bits per heavy atom. The first kappa shape index (κ1) is 23.1. The van der Waals surface area contributed by atoms with Crippen LogP contribution in [0.1, 0.15) is 47.2 Å². The number of hydrogen-bond donors (Lipinski definition) is 2. The van der Waals surface area contributed by atoms with Gasteiger partial charge in [-0.25, -0.2) is 17.6 Å². The number of rotatable bonds is 8. The molecule has 8 nitrogen and oxygen atoms in total. The molecule has 10 heteroatoms. The molecule has 2 heterocycles. The zero-order valence-electron chi connectivity index (χ0n) is 18.8. The fraction of sp³-hybridized carbons (Fsp3) is 0.458. The molecule has 182 valence electrons. The second kappa shape index (κ2) is 8.83. The lowest BCUT2D eigenvalue weighted by molar-refractivity contribution is 0.0457. The number of carbonyl (C=O) groups is 1. The number of carboxylic acids is 1. The zero-order chi connectivity index (χ0) is 24.0. The molecule has 0 amide bonds. The standard InChI is InChI=1S/C24H27FN2O6S/c1-2-27-8-7-17(11-27)32-13-15-9-16(25)3-6-21(15)34(30,31)26-20-5-4-18-19-10-14(19)12-33-23(18)22(20)24(28)29/h3-6,9,14,17,19,26H,2,7-8,10-13H2,1H3,(H,28,29)/t14-,17-,19-/m0/s1. The summed E-state index contributed by atoms with van der Waals surface area (Å²) in [4.78, 5) is 14.1. The predicted molar refractivity (Wildman–Crippen MR) is 122 cm³/mol. The van der Waals surface area contributed by atoms with Crippen molar-refractivity contribution in [2.24, 2.45) is 5.92 Å². The molecule has 1 aliphatic carbocycles. The van der Waals surface area contributed by atoms with Crippen LogP contribution in [0.25, 0.3) is 0 Å². The maximum absolute atomic E-state index is 14.0. The van der Waals surface area contributed by atoms with E-state index in [1.54, 1.807) is 6.07 Å². The van der Waals surface area contributed by atoms with Gasteiger partial charge in [0.2, 0.25) is 0 Å². The number of ether oxygens (including phenoxy) is 2. The van der Waals surface area contributed by atoms with Crippen LogP contribution in [0.15, 0.2) is 35.2 Å². The Morgan fingerprint density at radius 2 is 2.15 bits per heavy atom. The summed E-state index contributed by atoms with van der Waals surface area (Å²) in [7, 11) is -4.23. The maximum atomic E-state index is 14.0. The summed E-state index contributed by atoms with van der Waals surface area (Å²) in [5.41, 5.74) is 0.674. The topological polar surface area (TPSA) is 105 Å². The third-order valence-electron chi connectivity index (χ3n) is 6.87. The first-order chi connectivity index (χ1) is 16.3. The molecular formula is C24H27FN2O6S. The van der Waals surface area contributed by atoms with Gasteiger partial charge in [-0.2, -0.15) is 0 Å². The van der Waals surface area contributed by atoms with Gasteiger partial charge in [-0.15, -0.1) is 0 Å². The average molecular weight is 491 g/mol. The Morgan fingerprint density at radius 1 is 1.32 bits per heavy atom. The number of carboxylic acid groups (broad SMARTS) is 1. The second-order valence-electron chi connectivity index (χ2n) is 9.10. The number of fused-ring (bicyclic) bond motifs is 3. The van der Waals surface area contributed by atoms with Crippen molar-refractivity contribution in [3.8, 4) is 5.75 Å². The van der Waals surface area contributed by atoms with Crippen molar-refractivity contribution in [1.29, 1.82) is 0 Å². The highest BCUT2D eigenvalue weighted by Crippen LogP contribution is 2.55. The van der Waals surface area contributed by atoms with Crippen molar-refractivity contribution >= 4 is 21.7 Å². The molecule has 3 aliphatic rings. The molecule has 2 aromatic carbocycles. The summed E-state index contributed by atoms with van der Waals surface area (Å²) in [5.74, 6) is -0.990. The molecular weight excluding hydrogens is 463 g/mol. The molecule has 34 heavy (non-hydrogen) atoms. The Balaban J connectivity index is 1.42. The van der Waals surface area contributed by atoms with E-state index in [-0.39, 0.29) is 46.1 Å². The molecule has 3 atom stereocenters. The highest BCUT2D eigenvalue weighted by atomic mass is 32.2. The minimum absolute atomic E-state index is 0.0608. The third kappa shape index (κ3) is 4.37. The molecule has 5 rings (SSSR count). The number of halogens is 1. The van der Waals surface area contributed by atoms with Gasteiger partial charge in [0.05, 0.1) is 29.9 Å². The lowest BCUT2D eigenvalue weighted by Gasteiger charge is -2.21. The molecule has 2 aliphatic heterocycles. The van der Waals surface area contributed by atoms with E-state index in [0.717, 1.165) is 50.2 Å². The number of anilines is 1. The van der Waals surface area contributed by atoms with Crippen molar-refractivity contribution in [3.63, 3.8) is 0 Å². The van der Waals surface area contributed by atoms with Gasteiger partial charge >= 0.3 is 5.97 Å². The van der Waals surface area contributed by atoms with Crippen LogP contribution in [0.5, 0.6) is 5.75 Å². The van der Waals surface area contributed by atoms with Gasteiger partial charge in [-0.05, 0) is 55.1 Å². The number of likely N-dealkylation sites (N-methyl/N-ethyl adjacent to an activating group) is 1. The van der Waals surface area contributed by atoms with Crippen LogP contribution in [0, 0.1) is 11.7 Å². The maximum Gasteiger partial charge on any atom is 0.341 e. The van der Waals surface area contributed by atoms with Gasteiger partial charge in [-0.1, -0.05) is 13.0 Å². The molecule has 2 fully saturated rings. The van der Waals surface area contributed by atoms with E-state index in [1.807, 2.05) is 0 Å². The smallest absolute Gasteiger partial charge is 0.341 e. The number of aromatic carboxylic acids is 1. The zero-order valence-corrected chi connectivity index (χ0v) is 19.6. The monoisotopic (exact) mass is 490 g/mol. The summed E-state index contributed by atoms with van der Waals surface area (Å²) in [6.45, 7) is 4.96. The van der Waals surface area contributed by atoms with Crippen LogP contribution in [0.4, 0.5) is 10.1 Å². The Labute approximate surface area is 197 Å². The van der Waals surface area contributed by atoms with Gasteiger partial charge in [0.1, 0.15) is 17.1 Å². The van der Waals surface area contributed by atoms with Crippen LogP contribution in [-0.2, 0) is 21.4 Å². The average Bonchev–Trinajstić information content (AvgIpc) is 3.45. The Hall–Kier alpha value is -2.69. The van der Waals surface area contributed by atoms with Gasteiger partial charge in [0, 0.05) is 24.6 Å². The minimum atomic E-state index is -4.23. The summed E-state index contributed by atoms with van der Waals surface area (Å²) < 4.78 is 54.6. The van der Waals surface area contributed by atoms with E-state index >= 15 is 0 Å². The van der Waals surface area contributed by atoms with Crippen LogP contribution in [-0.4, -0.2) is 56.7 Å². The van der Waals surface area contributed by atoms with E-state index in [2.05, 4.69) is 16.5 Å². The van der Waals surface area contributed by atoms with Crippen molar-refractivity contribution in [1.82, 2.24) is 4.90 Å². The van der Waals surface area contributed by atoms with Crippen LogP contribution in [0.3, 0.4) is 0 Å². The van der Waals surface area contributed by atoms with E-state index in [1.165, 1.54) is 12.1 Å². The fourth-order valence-corrected chi connectivity index (χ4v) is 6.18. The number of nitrogens with one attached hydrogen (secondary N) is 1. The number of hydrogen-bond acceptors (Lipinski definition) is 6. The minimum Gasteiger partial charge on any atom is -0.492 e. The molecule has 0 spiro atoms. The Bertz CT molecular complexity index is 1230. The van der Waals surface area contributed by atoms with Gasteiger partial charge in [0.25, 0.3) is 10.0 Å². The second-order valence-corrected chi connectivity index (χ2v) is 10.7. The summed E-state index contributed by atoms with van der Waals surface area (Å²) in [6.07, 6.45) is 1.70. The number of nitrogens with zero attached hydrogens (tertiary/aromatic N) is 1. The van der Waals surface area contributed by atoms with Gasteiger partial charge < -0.3 is 19.5 Å². The van der Waals surface area contributed by atoms with Crippen molar-refractivity contribution in [3.05, 3.63) is 52.8 Å². The summed E-state index contributed by atoms with van der Waals surface area (Å²) in [5, 5.41) is 9.84. The molecule has 0 radical (unpaired) electrons. The number of likely N-dealkylation sites (tertiary alicyclic amines) is 1. The highest BCUT2D eigenvalue weighted by molar-refractivity contribution is 7.92. The molecule has 0 bridgehead atoms. The van der Waals surface area contributed by atoms with E-state index in [4.69, 9.17) is 9.47 Å². The predicted octanol–water partition coefficient (Wildman–Crippen LogP) is 3.43. The highest BCUT2D eigenvalue weighted by Gasteiger charge is 2.45. The first-order valence-corrected chi connectivity index (χ1v) is 12.9. The van der Waals surface area contributed by atoms with Crippen molar-refractivity contribution in [2.75, 3.05) is 31.0 Å². The largest absolute Gasteiger partial charge is 0.492 e. The quantitative estimate of drug-likeness (QED) is 0.584. The fourth-order valence-electron chi connectivity index (χ4n) is 4.90. The van der Waals surface area contributed by atoms with E-state index in [9.17, 15) is 22.7 Å². The van der Waals surface area contributed by atoms with E-state index in [0.29, 0.717) is 12.5 Å². The van der Waals surface area contributed by atoms with Crippen LogP contribution >= 0.6 is 0 Å². The van der Waals surface area contributed by atoms with Crippen LogP contribution < -0.4 is 9.46 Å². The number of sulfonamides is 1. The van der Waals surface area contributed by atoms with Crippen LogP contribution in [0.2, 0.25) is 0 Å². The summed E-state index contributed by atoms with van der Waals surface area (Å²) >= 11 is 0. The van der Waals surface area contributed by atoms with Gasteiger partial charge in [-0.3, -0.25) is 4.72 Å². The van der Waals surface area contributed by atoms with Crippen molar-refractivity contribution < 1.29 is 32.2 Å². The molecule has 2 aromatic rings. The molecule has 0 aromatic heterocycles. The Kier molecular flexibility index (Phi) is 5.99. The molecule has 0 unspecified atom stereocenters. The normalized spacial score (nSPS) is 23.6. The molecule has 1 saturated carbocycles. The molecule has 2 N–H and O–H groups in total. The SMILES string of the molecule is CCN1CC[C@H](OCc2cc(F)ccc2S(=O)(=O)Nc2ccc3c(c2C(=O)O)OC[C@@H]2C[C@H]32)C1. The van der Waals surface area contributed by atoms with Gasteiger partial charge in [0.15, 0.2) is 0 Å². The first-order valence-electron chi connectivity index (χ1n) is 11.4. The van der Waals surface area contributed by atoms with E-state index < -0.39 is 21.8 Å². The third-order valence-corrected chi connectivity index (χ3v) is 8.34.